The van der Waals surface area contributed by atoms with Crippen molar-refractivity contribution < 1.29 is 0 Å². The van der Waals surface area contributed by atoms with Gasteiger partial charge in [-0.15, -0.1) is 0 Å². The largest absolute Gasteiger partial charge is 0.381 e. The van der Waals surface area contributed by atoms with Crippen LogP contribution in [0, 0.1) is 18.3 Å². The third-order valence-electron chi connectivity index (χ3n) is 4.28. The summed E-state index contributed by atoms with van der Waals surface area (Å²) in [5, 5.41) is 5.13. The first-order valence-electron chi connectivity index (χ1n) is 7.01. The average molecular weight is 300 g/mol. The van der Waals surface area contributed by atoms with E-state index in [2.05, 4.69) is 26.1 Å². The van der Waals surface area contributed by atoms with Crippen LogP contribution in [0.1, 0.15) is 45.6 Å². The highest BCUT2D eigenvalue weighted by molar-refractivity contribution is 6.35. The second kappa shape index (κ2) is 5.54. The number of halogens is 2. The molecule has 0 aliphatic heterocycles. The Bertz CT molecular complexity index is 468. The van der Waals surface area contributed by atoms with E-state index in [0.29, 0.717) is 17.4 Å². The third-order valence-corrected chi connectivity index (χ3v) is 5.00. The first kappa shape index (κ1) is 15.0. The van der Waals surface area contributed by atoms with Gasteiger partial charge in [0.15, 0.2) is 0 Å². The van der Waals surface area contributed by atoms with E-state index in [9.17, 15) is 0 Å². The summed E-state index contributed by atoms with van der Waals surface area (Å²) in [5.41, 5.74) is 2.45. The van der Waals surface area contributed by atoms with Crippen LogP contribution in [0.5, 0.6) is 0 Å². The molecule has 0 aromatic heterocycles. The van der Waals surface area contributed by atoms with Crippen LogP contribution in [0.15, 0.2) is 12.1 Å². The van der Waals surface area contributed by atoms with Crippen LogP contribution in [-0.4, -0.2) is 6.04 Å². The van der Waals surface area contributed by atoms with Gasteiger partial charge in [-0.1, -0.05) is 44.0 Å². The number of nitrogens with one attached hydrogen (secondary N) is 1. The number of hydrogen-bond donors (Lipinski definition) is 1. The van der Waals surface area contributed by atoms with Crippen LogP contribution >= 0.6 is 23.2 Å². The van der Waals surface area contributed by atoms with Crippen LogP contribution in [0.2, 0.25) is 10.0 Å². The van der Waals surface area contributed by atoms with Gasteiger partial charge >= 0.3 is 0 Å². The molecule has 1 nitrogen and oxygen atoms in total. The lowest BCUT2D eigenvalue weighted by atomic mass is 9.70. The van der Waals surface area contributed by atoms with Crippen molar-refractivity contribution >= 4 is 28.9 Å². The zero-order valence-corrected chi connectivity index (χ0v) is 13.7. The van der Waals surface area contributed by atoms with Gasteiger partial charge in [-0.2, -0.15) is 0 Å². The smallest absolute Gasteiger partial charge is 0.0641 e. The predicted molar refractivity (Wildman–Crippen MR) is 85.4 cm³/mol. The molecule has 2 rings (SSSR count). The Morgan fingerprint density at radius 3 is 2.53 bits per heavy atom. The minimum Gasteiger partial charge on any atom is -0.381 e. The monoisotopic (exact) mass is 299 g/mol. The molecule has 2 unspecified atom stereocenters. The lowest BCUT2D eigenvalue weighted by Gasteiger charge is -2.40. The summed E-state index contributed by atoms with van der Waals surface area (Å²) in [7, 11) is 0. The Hall–Kier alpha value is -0.400. The van der Waals surface area contributed by atoms with E-state index in [4.69, 9.17) is 23.2 Å². The predicted octanol–water partition coefficient (Wildman–Crippen LogP) is 5.93. The Balaban J connectivity index is 2.12. The quantitative estimate of drug-likeness (QED) is 0.714. The number of hydrogen-bond acceptors (Lipinski definition) is 1. The molecule has 0 amide bonds. The molecule has 1 fully saturated rings. The van der Waals surface area contributed by atoms with Gasteiger partial charge in [0.25, 0.3) is 0 Å². The molecule has 1 saturated carbocycles. The molecule has 2 atom stereocenters. The molecule has 0 saturated heterocycles. The van der Waals surface area contributed by atoms with E-state index in [1.54, 1.807) is 0 Å². The summed E-state index contributed by atoms with van der Waals surface area (Å²) < 4.78 is 0. The van der Waals surface area contributed by atoms with Crippen LogP contribution < -0.4 is 5.32 Å². The Morgan fingerprint density at radius 2 is 1.89 bits per heavy atom. The maximum absolute atomic E-state index is 6.30. The molecular weight excluding hydrogens is 277 g/mol. The van der Waals surface area contributed by atoms with Gasteiger partial charge in [0.05, 0.1) is 10.7 Å². The van der Waals surface area contributed by atoms with Gasteiger partial charge in [0.1, 0.15) is 0 Å². The van der Waals surface area contributed by atoms with Gasteiger partial charge in [-0.25, -0.2) is 0 Å². The van der Waals surface area contributed by atoms with Crippen LogP contribution in [0.4, 0.5) is 5.69 Å². The van der Waals surface area contributed by atoms with E-state index in [1.807, 2.05) is 19.1 Å². The highest BCUT2D eigenvalue weighted by Crippen LogP contribution is 2.40. The Kier molecular flexibility index (Phi) is 4.37. The molecule has 0 heterocycles. The van der Waals surface area contributed by atoms with Gasteiger partial charge < -0.3 is 5.32 Å². The molecule has 0 bridgehead atoms. The highest BCUT2D eigenvalue weighted by Gasteiger charge is 2.32. The van der Waals surface area contributed by atoms with Crippen LogP contribution in [0.25, 0.3) is 0 Å². The molecule has 0 radical (unpaired) electrons. The van der Waals surface area contributed by atoms with Gasteiger partial charge in [0, 0.05) is 11.1 Å². The normalized spacial score (nSPS) is 26.2. The molecule has 1 N–H and O–H groups in total. The fourth-order valence-electron chi connectivity index (χ4n) is 3.12. The first-order chi connectivity index (χ1) is 8.78. The summed E-state index contributed by atoms with van der Waals surface area (Å²) in [6.07, 6.45) is 3.70. The fraction of sp³-hybridized carbons (Fsp3) is 0.625. The van der Waals surface area contributed by atoms with Gasteiger partial charge in [-0.3, -0.25) is 0 Å². The summed E-state index contributed by atoms with van der Waals surface area (Å²) in [6, 6.07) is 4.37. The van der Waals surface area contributed by atoms with E-state index < -0.39 is 0 Å². The van der Waals surface area contributed by atoms with Crippen molar-refractivity contribution in [2.45, 2.75) is 53.0 Å². The fourth-order valence-corrected chi connectivity index (χ4v) is 3.55. The second-order valence-corrected chi connectivity index (χ2v) is 7.53. The topological polar surface area (TPSA) is 12.0 Å². The third kappa shape index (κ3) is 3.58. The highest BCUT2D eigenvalue weighted by atomic mass is 35.5. The number of benzene rings is 1. The summed E-state index contributed by atoms with van der Waals surface area (Å²) in [6.45, 7) is 9.01. The standard InChI is InChI=1S/C16H23Cl2N/c1-10-7-13(18)15(8-12(10)17)19-14-5-6-16(3,4)9-11(14)2/h7-8,11,14,19H,5-6,9H2,1-4H3. The first-order valence-corrected chi connectivity index (χ1v) is 7.76. The van der Waals surface area contributed by atoms with Crippen molar-refractivity contribution in [1.82, 2.24) is 0 Å². The van der Waals surface area contributed by atoms with Gasteiger partial charge in [-0.05, 0) is 55.2 Å². The lowest BCUT2D eigenvalue weighted by molar-refractivity contribution is 0.177. The average Bonchev–Trinajstić information content (AvgIpc) is 2.28. The van der Waals surface area contributed by atoms with Crippen LogP contribution in [0.3, 0.4) is 0 Å². The van der Waals surface area contributed by atoms with Crippen molar-refractivity contribution in [2.75, 3.05) is 5.32 Å². The molecule has 19 heavy (non-hydrogen) atoms. The summed E-state index contributed by atoms with van der Waals surface area (Å²) in [4.78, 5) is 0. The summed E-state index contributed by atoms with van der Waals surface area (Å²) >= 11 is 12.5. The summed E-state index contributed by atoms with van der Waals surface area (Å²) in [5.74, 6) is 0.653. The lowest BCUT2D eigenvalue weighted by Crippen LogP contribution is -2.36. The molecule has 1 aromatic carbocycles. The molecule has 1 aliphatic carbocycles. The molecular formula is C16H23Cl2N. The van der Waals surface area contributed by atoms with Crippen molar-refractivity contribution in [3.63, 3.8) is 0 Å². The molecule has 1 aromatic rings. The number of rotatable bonds is 2. The van der Waals surface area contributed by atoms with E-state index in [1.165, 1.54) is 19.3 Å². The zero-order chi connectivity index (χ0) is 14.2. The van der Waals surface area contributed by atoms with Gasteiger partial charge in [0.2, 0.25) is 0 Å². The molecule has 106 valence electrons. The maximum atomic E-state index is 6.30. The molecule has 3 heteroatoms. The maximum Gasteiger partial charge on any atom is 0.0641 e. The van der Waals surface area contributed by atoms with Crippen molar-refractivity contribution in [3.8, 4) is 0 Å². The van der Waals surface area contributed by atoms with E-state index in [0.717, 1.165) is 21.3 Å². The SMILES string of the molecule is Cc1cc(Cl)c(NC2CCC(C)(C)CC2C)cc1Cl. The number of aryl methyl sites for hydroxylation is 1. The number of anilines is 1. The van der Waals surface area contributed by atoms with Crippen molar-refractivity contribution in [2.24, 2.45) is 11.3 Å². The van der Waals surface area contributed by atoms with E-state index >= 15 is 0 Å². The zero-order valence-electron chi connectivity index (χ0n) is 12.2. The second-order valence-electron chi connectivity index (χ2n) is 6.72. The van der Waals surface area contributed by atoms with Crippen LogP contribution in [-0.2, 0) is 0 Å². The Morgan fingerprint density at radius 1 is 1.21 bits per heavy atom. The van der Waals surface area contributed by atoms with E-state index in [-0.39, 0.29) is 0 Å². The van der Waals surface area contributed by atoms with Crippen molar-refractivity contribution in [3.05, 3.63) is 27.7 Å². The minimum atomic E-state index is 0.465. The molecule has 1 aliphatic rings. The molecule has 0 spiro atoms. The van der Waals surface area contributed by atoms with Crippen molar-refractivity contribution in [1.29, 1.82) is 0 Å². The Labute approximate surface area is 126 Å². The minimum absolute atomic E-state index is 0.465.